The minimum absolute atomic E-state index is 0.396. The van der Waals surface area contributed by atoms with Gasteiger partial charge in [0.25, 0.3) is 0 Å². The summed E-state index contributed by atoms with van der Waals surface area (Å²) >= 11 is 1.56. The van der Waals surface area contributed by atoms with Crippen LogP contribution in [0.3, 0.4) is 0 Å². The van der Waals surface area contributed by atoms with Crippen LogP contribution >= 0.6 is 11.3 Å². The van der Waals surface area contributed by atoms with Gasteiger partial charge >= 0.3 is 0 Å². The van der Waals surface area contributed by atoms with E-state index in [-0.39, 0.29) is 0 Å². The third-order valence-electron chi connectivity index (χ3n) is 1.89. The average molecular weight is 169 g/mol. The first-order chi connectivity index (χ1) is 5.27. The van der Waals surface area contributed by atoms with Gasteiger partial charge in [-0.25, -0.2) is 4.98 Å². The smallest absolute Gasteiger partial charge is 0.121 e. The van der Waals surface area contributed by atoms with Gasteiger partial charge in [0.05, 0.1) is 5.69 Å². The summed E-state index contributed by atoms with van der Waals surface area (Å²) in [5.74, 6) is 0.707. The van der Waals surface area contributed by atoms with E-state index in [0.717, 1.165) is 5.01 Å². The molecular formula is C8H11NOS. The summed E-state index contributed by atoms with van der Waals surface area (Å²) in [6.07, 6.45) is 2.17. The van der Waals surface area contributed by atoms with Crippen LogP contribution in [0.2, 0.25) is 0 Å². The van der Waals surface area contributed by atoms with Gasteiger partial charge in [-0.05, 0) is 19.8 Å². The third-order valence-corrected chi connectivity index (χ3v) is 2.93. The maximum absolute atomic E-state index is 9.19. The van der Waals surface area contributed by atoms with Crippen molar-refractivity contribution in [3.63, 3.8) is 0 Å². The Balaban J connectivity index is 2.18. The Morgan fingerprint density at radius 3 is 2.91 bits per heavy atom. The lowest BCUT2D eigenvalue weighted by Crippen LogP contribution is -1.89. The Bertz CT molecular complexity index is 236. The molecule has 0 amide bonds. The van der Waals surface area contributed by atoms with Crippen LogP contribution in [0.5, 0.6) is 0 Å². The number of rotatable bonds is 2. The number of hydrogen-bond acceptors (Lipinski definition) is 3. The molecule has 60 valence electrons. The molecule has 2 rings (SSSR count). The summed E-state index contributed by atoms with van der Waals surface area (Å²) in [5, 5.41) is 12.1. The minimum atomic E-state index is -0.396. The number of nitrogens with zero attached hydrogens (tertiary/aromatic N) is 1. The van der Waals surface area contributed by atoms with Crippen molar-refractivity contribution in [2.75, 3.05) is 0 Å². The lowest BCUT2D eigenvalue weighted by Gasteiger charge is -1.95. The molecule has 1 aromatic rings. The van der Waals surface area contributed by atoms with Crippen LogP contribution in [0.4, 0.5) is 0 Å². The molecule has 1 fully saturated rings. The fraction of sp³-hybridized carbons (Fsp3) is 0.625. The van der Waals surface area contributed by atoms with Crippen LogP contribution in [0.1, 0.15) is 42.5 Å². The molecule has 1 heterocycles. The van der Waals surface area contributed by atoms with E-state index in [1.807, 2.05) is 0 Å². The first-order valence-electron chi connectivity index (χ1n) is 3.91. The van der Waals surface area contributed by atoms with Crippen LogP contribution in [0.15, 0.2) is 5.38 Å². The molecule has 1 atom stereocenters. The zero-order valence-corrected chi connectivity index (χ0v) is 7.27. The quantitative estimate of drug-likeness (QED) is 0.735. The standard InChI is InChI=1S/C8H11NOS/c1-5(10)8-9-7(4-11-8)6-2-3-6/h4-6,10H,2-3H2,1H3. The van der Waals surface area contributed by atoms with E-state index in [0.29, 0.717) is 5.92 Å². The Labute approximate surface area is 69.9 Å². The normalized spacial score (nSPS) is 20.2. The van der Waals surface area contributed by atoms with Gasteiger partial charge in [-0.3, -0.25) is 0 Å². The summed E-state index contributed by atoms with van der Waals surface area (Å²) < 4.78 is 0. The fourth-order valence-corrected chi connectivity index (χ4v) is 1.90. The van der Waals surface area contributed by atoms with Gasteiger partial charge < -0.3 is 5.11 Å². The van der Waals surface area contributed by atoms with Crippen molar-refractivity contribution in [1.29, 1.82) is 0 Å². The van der Waals surface area contributed by atoms with Gasteiger partial charge in [0.1, 0.15) is 11.1 Å². The topological polar surface area (TPSA) is 33.1 Å². The maximum Gasteiger partial charge on any atom is 0.121 e. The van der Waals surface area contributed by atoms with Gasteiger partial charge in [0, 0.05) is 11.3 Å². The molecule has 0 bridgehead atoms. The van der Waals surface area contributed by atoms with Crippen LogP contribution in [0, 0.1) is 0 Å². The number of aliphatic hydroxyl groups is 1. The number of aromatic nitrogens is 1. The summed E-state index contributed by atoms with van der Waals surface area (Å²) in [5.41, 5.74) is 1.19. The zero-order valence-electron chi connectivity index (χ0n) is 6.45. The van der Waals surface area contributed by atoms with E-state index >= 15 is 0 Å². The second-order valence-electron chi connectivity index (χ2n) is 3.06. The largest absolute Gasteiger partial charge is 0.386 e. The first kappa shape index (κ1) is 7.25. The second kappa shape index (κ2) is 2.57. The summed E-state index contributed by atoms with van der Waals surface area (Å²) in [6, 6.07) is 0. The van der Waals surface area contributed by atoms with Gasteiger partial charge in [-0.2, -0.15) is 0 Å². The molecular weight excluding hydrogens is 158 g/mol. The van der Waals surface area contributed by atoms with Crippen molar-refractivity contribution in [3.05, 3.63) is 16.1 Å². The molecule has 1 aromatic heterocycles. The van der Waals surface area contributed by atoms with E-state index in [9.17, 15) is 5.11 Å². The summed E-state index contributed by atoms with van der Waals surface area (Å²) in [7, 11) is 0. The molecule has 1 aliphatic rings. The highest BCUT2D eigenvalue weighted by atomic mass is 32.1. The van der Waals surface area contributed by atoms with Crippen LogP contribution in [0.25, 0.3) is 0 Å². The Morgan fingerprint density at radius 1 is 1.73 bits per heavy atom. The van der Waals surface area contributed by atoms with E-state index in [1.54, 1.807) is 18.3 Å². The van der Waals surface area contributed by atoms with Gasteiger partial charge in [-0.1, -0.05) is 0 Å². The molecule has 1 saturated carbocycles. The maximum atomic E-state index is 9.19. The van der Waals surface area contributed by atoms with Crippen molar-refractivity contribution in [2.45, 2.75) is 31.8 Å². The lowest BCUT2D eigenvalue weighted by atomic mass is 10.3. The summed E-state index contributed by atoms with van der Waals surface area (Å²) in [6.45, 7) is 1.76. The van der Waals surface area contributed by atoms with Gasteiger partial charge in [0.15, 0.2) is 0 Å². The molecule has 2 nitrogen and oxygen atoms in total. The van der Waals surface area contributed by atoms with Gasteiger partial charge in [0.2, 0.25) is 0 Å². The van der Waals surface area contributed by atoms with Crippen LogP contribution < -0.4 is 0 Å². The molecule has 3 heteroatoms. The fourth-order valence-electron chi connectivity index (χ4n) is 1.06. The van der Waals surface area contributed by atoms with E-state index in [2.05, 4.69) is 10.4 Å². The molecule has 0 spiro atoms. The third kappa shape index (κ3) is 1.44. The molecule has 1 N–H and O–H groups in total. The monoisotopic (exact) mass is 169 g/mol. The molecule has 11 heavy (non-hydrogen) atoms. The number of thiazole rings is 1. The van der Waals surface area contributed by atoms with Crippen LogP contribution in [-0.4, -0.2) is 10.1 Å². The molecule has 0 radical (unpaired) electrons. The highest BCUT2D eigenvalue weighted by Crippen LogP contribution is 2.40. The Hall–Kier alpha value is -0.410. The van der Waals surface area contributed by atoms with Crippen molar-refractivity contribution in [1.82, 2.24) is 4.98 Å². The highest BCUT2D eigenvalue weighted by Gasteiger charge is 2.26. The average Bonchev–Trinajstić information content (AvgIpc) is 2.68. The predicted octanol–water partition coefficient (Wildman–Crippen LogP) is 2.07. The SMILES string of the molecule is CC(O)c1nc(C2CC2)cs1. The van der Waals surface area contributed by atoms with E-state index in [1.165, 1.54) is 18.5 Å². The lowest BCUT2D eigenvalue weighted by molar-refractivity contribution is 0.198. The Morgan fingerprint density at radius 2 is 2.45 bits per heavy atom. The molecule has 0 saturated heterocycles. The number of hydrogen-bond donors (Lipinski definition) is 1. The molecule has 0 aliphatic heterocycles. The second-order valence-corrected chi connectivity index (χ2v) is 3.95. The Kier molecular flexibility index (Phi) is 1.69. The van der Waals surface area contributed by atoms with E-state index in [4.69, 9.17) is 0 Å². The highest BCUT2D eigenvalue weighted by molar-refractivity contribution is 7.09. The first-order valence-corrected chi connectivity index (χ1v) is 4.78. The van der Waals surface area contributed by atoms with Crippen molar-refractivity contribution < 1.29 is 5.11 Å². The van der Waals surface area contributed by atoms with Crippen molar-refractivity contribution in [2.24, 2.45) is 0 Å². The summed E-state index contributed by atoms with van der Waals surface area (Å²) in [4.78, 5) is 4.34. The van der Waals surface area contributed by atoms with E-state index < -0.39 is 6.10 Å². The number of aliphatic hydroxyl groups excluding tert-OH is 1. The van der Waals surface area contributed by atoms with Gasteiger partial charge in [-0.15, -0.1) is 11.3 Å². The predicted molar refractivity (Wildman–Crippen MR) is 44.7 cm³/mol. The van der Waals surface area contributed by atoms with Crippen molar-refractivity contribution >= 4 is 11.3 Å². The molecule has 1 aliphatic carbocycles. The molecule has 0 aromatic carbocycles. The van der Waals surface area contributed by atoms with Crippen LogP contribution in [-0.2, 0) is 0 Å². The zero-order chi connectivity index (χ0) is 7.84. The molecule has 1 unspecified atom stereocenters. The van der Waals surface area contributed by atoms with Crippen molar-refractivity contribution in [3.8, 4) is 0 Å². The minimum Gasteiger partial charge on any atom is -0.386 e.